The van der Waals surface area contributed by atoms with Crippen LogP contribution < -0.4 is 5.32 Å². The van der Waals surface area contributed by atoms with Crippen LogP contribution in [0.15, 0.2) is 22.7 Å². The number of hydrogen-bond acceptors (Lipinski definition) is 2. The highest BCUT2D eigenvalue weighted by Crippen LogP contribution is 2.32. The van der Waals surface area contributed by atoms with Gasteiger partial charge in [-0.1, -0.05) is 22.0 Å². The van der Waals surface area contributed by atoms with Crippen LogP contribution in [0.25, 0.3) is 0 Å². The molecule has 2 rings (SSSR count). The van der Waals surface area contributed by atoms with E-state index in [1.54, 1.807) is 12.1 Å². The third-order valence-corrected chi connectivity index (χ3v) is 3.05. The first-order chi connectivity index (χ1) is 7.68. The molecule has 16 heavy (non-hydrogen) atoms. The van der Waals surface area contributed by atoms with Crippen molar-refractivity contribution in [1.29, 1.82) is 0 Å². The van der Waals surface area contributed by atoms with Crippen molar-refractivity contribution in [2.45, 2.75) is 12.5 Å². The fourth-order valence-electron chi connectivity index (χ4n) is 1.79. The van der Waals surface area contributed by atoms with Gasteiger partial charge in [-0.25, -0.2) is 8.78 Å². The summed E-state index contributed by atoms with van der Waals surface area (Å²) in [5.41, 5.74) is 0.619. The maximum Gasteiger partial charge on any atom is 0.264 e. The molecule has 0 spiro atoms. The zero-order valence-corrected chi connectivity index (χ0v) is 10.1. The van der Waals surface area contributed by atoms with Crippen molar-refractivity contribution in [3.05, 3.63) is 33.8 Å². The van der Waals surface area contributed by atoms with Crippen molar-refractivity contribution in [2.75, 3.05) is 19.7 Å². The smallest absolute Gasteiger partial charge is 0.264 e. The summed E-state index contributed by atoms with van der Waals surface area (Å²) in [7, 11) is 0. The van der Waals surface area contributed by atoms with E-state index >= 15 is 0 Å². The number of morpholine rings is 1. The second-order valence-corrected chi connectivity index (χ2v) is 4.55. The fourth-order valence-corrected chi connectivity index (χ4v) is 2.17. The molecule has 1 aromatic carbocycles. The molecule has 0 saturated carbocycles. The first kappa shape index (κ1) is 12.0. The molecule has 1 saturated heterocycles. The number of ether oxygens (including phenoxy) is 1. The van der Waals surface area contributed by atoms with Crippen LogP contribution in [0.2, 0.25) is 0 Å². The quantitative estimate of drug-likeness (QED) is 0.904. The van der Waals surface area contributed by atoms with Gasteiger partial charge in [-0.15, -0.1) is 0 Å². The van der Waals surface area contributed by atoms with Crippen LogP contribution >= 0.6 is 15.9 Å². The molecular weight excluding hydrogens is 280 g/mol. The van der Waals surface area contributed by atoms with Gasteiger partial charge < -0.3 is 10.1 Å². The summed E-state index contributed by atoms with van der Waals surface area (Å²) in [6, 6.07) is 4.78. The highest BCUT2D eigenvalue weighted by Gasteiger charge is 2.22. The zero-order chi connectivity index (χ0) is 11.5. The van der Waals surface area contributed by atoms with E-state index in [4.69, 9.17) is 4.74 Å². The molecule has 1 fully saturated rings. The third-order valence-electron chi connectivity index (χ3n) is 2.56. The first-order valence-electron chi connectivity index (χ1n) is 5.08. The van der Waals surface area contributed by atoms with E-state index < -0.39 is 6.43 Å². The molecule has 0 aromatic heterocycles. The summed E-state index contributed by atoms with van der Waals surface area (Å²) in [4.78, 5) is 0. The van der Waals surface area contributed by atoms with E-state index in [0.29, 0.717) is 18.7 Å². The highest BCUT2D eigenvalue weighted by molar-refractivity contribution is 9.10. The van der Waals surface area contributed by atoms with E-state index in [0.717, 1.165) is 11.0 Å². The summed E-state index contributed by atoms with van der Waals surface area (Å²) < 4.78 is 31.9. The van der Waals surface area contributed by atoms with Crippen LogP contribution in [0, 0.1) is 0 Å². The Hall–Kier alpha value is -0.520. The van der Waals surface area contributed by atoms with Gasteiger partial charge in [-0.3, -0.25) is 0 Å². The summed E-state index contributed by atoms with van der Waals surface area (Å²) in [6.45, 7) is 1.91. The molecule has 1 atom stereocenters. The lowest BCUT2D eigenvalue weighted by molar-refractivity contribution is 0.0246. The van der Waals surface area contributed by atoms with E-state index in [-0.39, 0.29) is 11.7 Å². The number of benzene rings is 1. The monoisotopic (exact) mass is 291 g/mol. The fraction of sp³-hybridized carbons (Fsp3) is 0.455. The molecule has 1 aromatic rings. The van der Waals surface area contributed by atoms with Crippen molar-refractivity contribution in [1.82, 2.24) is 5.32 Å². The van der Waals surface area contributed by atoms with Crippen LogP contribution in [-0.4, -0.2) is 19.7 Å². The lowest BCUT2D eigenvalue weighted by Gasteiger charge is -2.25. The van der Waals surface area contributed by atoms with E-state index in [2.05, 4.69) is 21.2 Å². The Morgan fingerprint density at radius 3 is 2.88 bits per heavy atom. The number of rotatable bonds is 2. The van der Waals surface area contributed by atoms with Crippen LogP contribution in [0.3, 0.4) is 0 Å². The Bertz CT molecular complexity index is 367. The predicted octanol–water partition coefficient (Wildman–Crippen LogP) is 3.05. The summed E-state index contributed by atoms with van der Waals surface area (Å²) in [5.74, 6) is 0. The van der Waals surface area contributed by atoms with E-state index in [1.165, 1.54) is 6.07 Å². The van der Waals surface area contributed by atoms with Crippen molar-refractivity contribution in [2.24, 2.45) is 0 Å². The van der Waals surface area contributed by atoms with Crippen LogP contribution in [0.1, 0.15) is 23.7 Å². The van der Waals surface area contributed by atoms with Gasteiger partial charge in [0.05, 0.1) is 12.7 Å². The van der Waals surface area contributed by atoms with Crippen LogP contribution in [0.4, 0.5) is 8.78 Å². The highest BCUT2D eigenvalue weighted by atomic mass is 79.9. The molecule has 5 heteroatoms. The van der Waals surface area contributed by atoms with Gasteiger partial charge in [0.2, 0.25) is 0 Å². The molecule has 1 aliphatic rings. The summed E-state index contributed by atoms with van der Waals surface area (Å²) in [6.07, 6.45) is -2.75. The third kappa shape index (κ3) is 2.59. The van der Waals surface area contributed by atoms with Gasteiger partial charge in [0, 0.05) is 23.1 Å². The second-order valence-electron chi connectivity index (χ2n) is 3.64. The van der Waals surface area contributed by atoms with Gasteiger partial charge in [0.1, 0.15) is 0 Å². The lowest BCUT2D eigenvalue weighted by Crippen LogP contribution is -2.33. The second kappa shape index (κ2) is 5.21. The Morgan fingerprint density at radius 2 is 2.25 bits per heavy atom. The number of hydrogen-bond donors (Lipinski definition) is 1. The molecule has 0 bridgehead atoms. The predicted molar refractivity (Wildman–Crippen MR) is 60.7 cm³/mol. The minimum absolute atomic E-state index is 0.0527. The first-order valence-corrected chi connectivity index (χ1v) is 5.87. The average Bonchev–Trinajstić information content (AvgIpc) is 2.29. The maximum absolute atomic E-state index is 12.8. The normalized spacial score (nSPS) is 21.4. The van der Waals surface area contributed by atoms with Crippen molar-refractivity contribution >= 4 is 15.9 Å². The van der Waals surface area contributed by atoms with Crippen molar-refractivity contribution < 1.29 is 13.5 Å². The molecule has 1 N–H and O–H groups in total. The topological polar surface area (TPSA) is 21.3 Å². The minimum atomic E-state index is -2.46. The van der Waals surface area contributed by atoms with Crippen molar-refractivity contribution in [3.8, 4) is 0 Å². The number of nitrogens with one attached hydrogen (secondary N) is 1. The van der Waals surface area contributed by atoms with Crippen LogP contribution in [-0.2, 0) is 4.74 Å². The molecule has 88 valence electrons. The van der Waals surface area contributed by atoms with Gasteiger partial charge >= 0.3 is 0 Å². The van der Waals surface area contributed by atoms with Crippen LogP contribution in [0.5, 0.6) is 0 Å². The molecule has 1 aliphatic heterocycles. The van der Waals surface area contributed by atoms with Gasteiger partial charge in [-0.2, -0.15) is 0 Å². The molecule has 1 unspecified atom stereocenters. The standard InChI is InChI=1S/C11H12BrF2NO/c12-7-1-2-8(11(13)14)9(5-7)10-6-15-3-4-16-10/h1-2,5,10-11,15H,3-4,6H2. The molecule has 0 aliphatic carbocycles. The zero-order valence-electron chi connectivity index (χ0n) is 8.55. The van der Waals surface area contributed by atoms with Gasteiger partial charge in [-0.05, 0) is 17.7 Å². The Balaban J connectivity index is 2.32. The minimum Gasteiger partial charge on any atom is -0.371 e. The number of alkyl halides is 2. The summed E-state index contributed by atoms with van der Waals surface area (Å²) in [5, 5.41) is 3.13. The Labute approximate surface area is 101 Å². The number of halogens is 3. The van der Waals surface area contributed by atoms with Gasteiger partial charge in [0.15, 0.2) is 0 Å². The molecule has 0 radical (unpaired) electrons. The molecular formula is C11H12BrF2NO. The average molecular weight is 292 g/mol. The molecule has 0 amide bonds. The molecule has 2 nitrogen and oxygen atoms in total. The Kier molecular flexibility index (Phi) is 3.89. The SMILES string of the molecule is FC(F)c1ccc(Br)cc1C1CNCCO1. The lowest BCUT2D eigenvalue weighted by atomic mass is 10.0. The maximum atomic E-state index is 12.8. The van der Waals surface area contributed by atoms with E-state index in [1.807, 2.05) is 0 Å². The van der Waals surface area contributed by atoms with Gasteiger partial charge in [0.25, 0.3) is 6.43 Å². The van der Waals surface area contributed by atoms with E-state index in [9.17, 15) is 8.78 Å². The Morgan fingerprint density at radius 1 is 1.44 bits per heavy atom. The van der Waals surface area contributed by atoms with Crippen molar-refractivity contribution in [3.63, 3.8) is 0 Å². The largest absolute Gasteiger partial charge is 0.371 e. The molecule has 1 heterocycles. The summed E-state index contributed by atoms with van der Waals surface area (Å²) >= 11 is 3.29.